The molecule has 1 fully saturated rings. The summed E-state index contributed by atoms with van der Waals surface area (Å²) in [6.07, 6.45) is 3.65. The first-order chi connectivity index (χ1) is 15.6. The van der Waals surface area contributed by atoms with Gasteiger partial charge in [-0.15, -0.1) is 0 Å². The molecule has 6 nitrogen and oxygen atoms in total. The highest BCUT2D eigenvalue weighted by atomic mass is 32.2. The summed E-state index contributed by atoms with van der Waals surface area (Å²) < 4.78 is 0. The van der Waals surface area contributed by atoms with Crippen LogP contribution in [0.4, 0.5) is 10.5 Å². The van der Waals surface area contributed by atoms with Crippen molar-refractivity contribution >= 4 is 40.4 Å². The fourth-order valence-electron chi connectivity index (χ4n) is 4.52. The summed E-state index contributed by atoms with van der Waals surface area (Å²) in [4.78, 5) is 31.3. The predicted octanol–water partition coefficient (Wildman–Crippen LogP) is 5.47. The number of fused-ring (bicyclic) bond motifs is 1. The molecule has 1 aliphatic heterocycles. The Labute approximate surface area is 199 Å². The predicted molar refractivity (Wildman–Crippen MR) is 136 cm³/mol. The lowest BCUT2D eigenvalue weighted by atomic mass is 9.70. The number of carbonyl (C=O) groups excluding carboxylic acids is 2. The lowest BCUT2D eigenvalue weighted by molar-refractivity contribution is -0.115. The van der Waals surface area contributed by atoms with Gasteiger partial charge < -0.3 is 9.74 Å². The minimum atomic E-state index is -0.351. The molecule has 4 rings (SSSR count). The largest absolute Gasteiger partial charge is 0.399 e. The average Bonchev–Trinajstić information content (AvgIpc) is 3.06. The molecule has 1 heterocycles. The minimum absolute atomic E-state index is 0.0572. The van der Waals surface area contributed by atoms with Gasteiger partial charge in [-0.05, 0) is 83.5 Å². The van der Waals surface area contributed by atoms with Gasteiger partial charge in [0.25, 0.3) is 11.1 Å². The number of thioether (sulfide) groups is 1. The molecular weight excluding hydrogens is 434 g/mol. The van der Waals surface area contributed by atoms with Crippen LogP contribution in [0.1, 0.15) is 48.9 Å². The zero-order valence-corrected chi connectivity index (χ0v) is 20.7. The van der Waals surface area contributed by atoms with Gasteiger partial charge in [0, 0.05) is 30.9 Å². The van der Waals surface area contributed by atoms with Crippen LogP contribution in [-0.4, -0.2) is 38.1 Å². The van der Waals surface area contributed by atoms with Crippen molar-refractivity contribution in [3.8, 4) is 11.1 Å². The van der Waals surface area contributed by atoms with E-state index in [2.05, 4.69) is 54.3 Å². The molecular formula is C26H29N3O3S. The summed E-state index contributed by atoms with van der Waals surface area (Å²) in [5.41, 5.74) is 8.72. The normalized spacial score (nSPS) is 19.6. The van der Waals surface area contributed by atoms with Gasteiger partial charge in [0.1, 0.15) is 7.11 Å². The van der Waals surface area contributed by atoms with E-state index in [9.17, 15) is 9.59 Å². The number of hydrogen-bond donors (Lipinski definition) is 1. The molecule has 0 unspecified atom stereocenters. The van der Waals surface area contributed by atoms with Crippen molar-refractivity contribution < 1.29 is 14.4 Å². The number of oxime groups is 1. The number of aryl methyl sites for hydroxylation is 1. The van der Waals surface area contributed by atoms with Crippen molar-refractivity contribution in [3.63, 3.8) is 0 Å². The average molecular weight is 464 g/mol. The summed E-state index contributed by atoms with van der Waals surface area (Å²) in [6, 6.07) is 10.6. The maximum Gasteiger partial charge on any atom is 0.290 e. The molecule has 33 heavy (non-hydrogen) atoms. The van der Waals surface area contributed by atoms with Gasteiger partial charge in [-0.3, -0.25) is 14.9 Å². The summed E-state index contributed by atoms with van der Waals surface area (Å²) >= 11 is 0.929. The first kappa shape index (κ1) is 23.1. The van der Waals surface area contributed by atoms with Crippen LogP contribution in [0.5, 0.6) is 0 Å². The van der Waals surface area contributed by atoms with Crippen LogP contribution in [0.25, 0.3) is 17.2 Å². The Kier molecular flexibility index (Phi) is 6.10. The molecule has 2 aliphatic rings. The van der Waals surface area contributed by atoms with Gasteiger partial charge in [0.15, 0.2) is 0 Å². The summed E-state index contributed by atoms with van der Waals surface area (Å²) in [7, 11) is 5.62. The molecule has 0 bridgehead atoms. The van der Waals surface area contributed by atoms with Crippen molar-refractivity contribution in [2.75, 3.05) is 26.1 Å². The maximum atomic E-state index is 12.0. The number of nitrogens with one attached hydrogen (secondary N) is 1. The van der Waals surface area contributed by atoms with Gasteiger partial charge in [-0.1, -0.05) is 31.1 Å². The second kappa shape index (κ2) is 8.71. The Morgan fingerprint density at radius 2 is 1.88 bits per heavy atom. The smallest absolute Gasteiger partial charge is 0.290 e. The molecule has 1 aliphatic carbocycles. The molecule has 1 saturated heterocycles. The highest BCUT2D eigenvalue weighted by Gasteiger charge is 2.32. The van der Waals surface area contributed by atoms with Crippen LogP contribution < -0.4 is 10.2 Å². The number of imide groups is 1. The Morgan fingerprint density at radius 3 is 2.52 bits per heavy atom. The molecule has 0 radical (unpaired) electrons. The molecule has 172 valence electrons. The van der Waals surface area contributed by atoms with Crippen molar-refractivity contribution in [2.45, 2.75) is 39.0 Å². The SMILES string of the molecule is CO/N=C1\CCC(C)(C)c2cc(C)c(-c3cc(/C=C4/SC(=O)NC4=O)ccc3N(C)C)cc21. The van der Waals surface area contributed by atoms with Gasteiger partial charge >= 0.3 is 0 Å². The van der Waals surface area contributed by atoms with Gasteiger partial charge in [0.2, 0.25) is 0 Å². The number of amides is 2. The van der Waals surface area contributed by atoms with Gasteiger partial charge in [-0.2, -0.15) is 0 Å². The summed E-state index contributed by atoms with van der Waals surface area (Å²) in [5.74, 6) is -0.351. The molecule has 2 amide bonds. The van der Waals surface area contributed by atoms with E-state index in [1.165, 1.54) is 11.1 Å². The lowest BCUT2D eigenvalue weighted by Gasteiger charge is -2.34. The van der Waals surface area contributed by atoms with E-state index in [1.807, 2.05) is 26.2 Å². The molecule has 0 saturated carbocycles. The van der Waals surface area contributed by atoms with Crippen LogP contribution >= 0.6 is 11.8 Å². The van der Waals surface area contributed by atoms with Crippen molar-refractivity contribution in [2.24, 2.45) is 5.16 Å². The van der Waals surface area contributed by atoms with Crippen LogP contribution in [-0.2, 0) is 15.0 Å². The molecule has 2 aromatic rings. The van der Waals surface area contributed by atoms with E-state index >= 15 is 0 Å². The van der Waals surface area contributed by atoms with Crippen LogP contribution in [0.2, 0.25) is 0 Å². The monoisotopic (exact) mass is 463 g/mol. The van der Waals surface area contributed by atoms with Crippen LogP contribution in [0.3, 0.4) is 0 Å². The first-order valence-electron chi connectivity index (χ1n) is 10.9. The quantitative estimate of drug-likeness (QED) is 0.481. The van der Waals surface area contributed by atoms with Crippen molar-refractivity contribution in [1.29, 1.82) is 0 Å². The first-order valence-corrected chi connectivity index (χ1v) is 11.7. The third kappa shape index (κ3) is 4.42. The number of hydrogen-bond acceptors (Lipinski definition) is 6. The van der Waals surface area contributed by atoms with E-state index < -0.39 is 0 Å². The van der Waals surface area contributed by atoms with E-state index in [-0.39, 0.29) is 16.6 Å². The summed E-state index contributed by atoms with van der Waals surface area (Å²) in [6.45, 7) is 6.69. The number of carbonyl (C=O) groups is 2. The Hall–Kier alpha value is -3.06. The zero-order chi connectivity index (χ0) is 23.9. The third-order valence-electron chi connectivity index (χ3n) is 6.33. The Balaban J connectivity index is 1.90. The van der Waals surface area contributed by atoms with E-state index in [4.69, 9.17) is 4.84 Å². The highest BCUT2D eigenvalue weighted by Crippen LogP contribution is 2.42. The van der Waals surface area contributed by atoms with Crippen molar-refractivity contribution in [3.05, 3.63) is 57.5 Å². The minimum Gasteiger partial charge on any atom is -0.399 e. The number of benzene rings is 2. The third-order valence-corrected chi connectivity index (χ3v) is 7.14. The van der Waals surface area contributed by atoms with E-state index in [0.29, 0.717) is 4.91 Å². The highest BCUT2D eigenvalue weighted by molar-refractivity contribution is 8.18. The molecule has 7 heteroatoms. The number of rotatable bonds is 4. The van der Waals surface area contributed by atoms with Crippen molar-refractivity contribution in [1.82, 2.24) is 5.32 Å². The van der Waals surface area contributed by atoms with E-state index in [1.54, 1.807) is 13.2 Å². The molecule has 1 N–H and O–H groups in total. The topological polar surface area (TPSA) is 71.0 Å². The maximum absolute atomic E-state index is 12.0. The molecule has 2 aromatic carbocycles. The number of anilines is 1. The summed E-state index contributed by atoms with van der Waals surface area (Å²) in [5, 5.41) is 6.31. The zero-order valence-electron chi connectivity index (χ0n) is 19.9. The number of nitrogens with zero attached hydrogens (tertiary/aromatic N) is 2. The molecule has 0 atom stereocenters. The standard InChI is InChI=1S/C26H29N3O3S/c1-15-11-20-19(21(28-32-6)9-10-26(20,2)3)14-17(15)18-12-16(7-8-22(18)29(4)5)13-23-24(30)27-25(31)33-23/h7-8,11-14H,9-10H2,1-6H3,(H,27,30,31)/b23-13+,28-21+. The molecule has 0 aromatic heterocycles. The Morgan fingerprint density at radius 1 is 1.12 bits per heavy atom. The van der Waals surface area contributed by atoms with Gasteiger partial charge in [-0.25, -0.2) is 0 Å². The lowest BCUT2D eigenvalue weighted by Crippen LogP contribution is -2.28. The molecule has 0 spiro atoms. The van der Waals surface area contributed by atoms with Crippen LogP contribution in [0.15, 0.2) is 40.4 Å². The van der Waals surface area contributed by atoms with Gasteiger partial charge in [0.05, 0.1) is 10.6 Å². The Bertz CT molecular complexity index is 1210. The fraction of sp³-hybridized carbons (Fsp3) is 0.346. The van der Waals surface area contributed by atoms with E-state index in [0.717, 1.165) is 58.3 Å². The second-order valence-corrected chi connectivity index (χ2v) is 10.4. The fourth-order valence-corrected chi connectivity index (χ4v) is 5.21. The second-order valence-electron chi connectivity index (χ2n) is 9.34. The van der Waals surface area contributed by atoms with Crippen LogP contribution in [0, 0.1) is 6.92 Å².